The largest absolute Gasteiger partial charge is 0.326 e. The molecule has 0 spiro atoms. The third-order valence-corrected chi connectivity index (χ3v) is 4.89. The van der Waals surface area contributed by atoms with E-state index in [1.165, 1.54) is 17.5 Å². The zero-order valence-corrected chi connectivity index (χ0v) is 12.9. The molecule has 0 aliphatic rings. The number of thiophene rings is 2. The standard InChI is InChI=1S/C15H11N3O2S2/c19-14(18-15(20)17-10-3-1-7-16-9-10)13-6-5-12(22-13)11-4-2-8-21-11/h1-9H,(H2,17,18,19,20). The number of urea groups is 1. The number of imide groups is 1. The summed E-state index contributed by atoms with van der Waals surface area (Å²) >= 11 is 2.96. The maximum Gasteiger partial charge on any atom is 0.326 e. The zero-order chi connectivity index (χ0) is 15.4. The van der Waals surface area contributed by atoms with Gasteiger partial charge in [0.2, 0.25) is 0 Å². The molecule has 3 rings (SSSR count). The van der Waals surface area contributed by atoms with Crippen molar-refractivity contribution in [2.75, 3.05) is 5.32 Å². The molecular formula is C15H11N3O2S2. The second-order valence-electron chi connectivity index (χ2n) is 4.29. The lowest BCUT2D eigenvalue weighted by atomic mass is 10.3. The van der Waals surface area contributed by atoms with Gasteiger partial charge in [-0.3, -0.25) is 15.1 Å². The molecule has 3 amide bonds. The number of nitrogens with one attached hydrogen (secondary N) is 2. The molecule has 0 radical (unpaired) electrons. The van der Waals surface area contributed by atoms with Gasteiger partial charge in [-0.1, -0.05) is 6.07 Å². The predicted octanol–water partition coefficient (Wildman–Crippen LogP) is 3.83. The number of aromatic nitrogens is 1. The number of pyridine rings is 1. The summed E-state index contributed by atoms with van der Waals surface area (Å²) in [5.74, 6) is -0.422. The fourth-order valence-corrected chi connectivity index (χ4v) is 3.51. The van der Waals surface area contributed by atoms with Crippen molar-refractivity contribution in [3.05, 3.63) is 59.0 Å². The highest BCUT2D eigenvalue weighted by Gasteiger charge is 2.13. The molecule has 0 aliphatic carbocycles. The predicted molar refractivity (Wildman–Crippen MR) is 88.4 cm³/mol. The van der Waals surface area contributed by atoms with E-state index in [4.69, 9.17) is 0 Å². The van der Waals surface area contributed by atoms with E-state index in [2.05, 4.69) is 15.6 Å². The summed E-state index contributed by atoms with van der Waals surface area (Å²) in [5, 5.41) is 6.83. The number of rotatable bonds is 3. The average molecular weight is 329 g/mol. The number of hydrogen-bond acceptors (Lipinski definition) is 5. The van der Waals surface area contributed by atoms with Crippen molar-refractivity contribution in [3.8, 4) is 9.75 Å². The molecule has 0 bridgehead atoms. The van der Waals surface area contributed by atoms with Crippen LogP contribution in [0.5, 0.6) is 0 Å². The van der Waals surface area contributed by atoms with Crippen molar-refractivity contribution in [3.63, 3.8) is 0 Å². The number of carbonyl (C=O) groups is 2. The molecular weight excluding hydrogens is 318 g/mol. The van der Waals surface area contributed by atoms with Gasteiger partial charge >= 0.3 is 6.03 Å². The molecule has 0 saturated carbocycles. The molecule has 0 saturated heterocycles. The molecule has 3 heterocycles. The second-order valence-corrected chi connectivity index (χ2v) is 6.32. The van der Waals surface area contributed by atoms with Gasteiger partial charge in [0.1, 0.15) is 0 Å². The van der Waals surface area contributed by atoms with Crippen molar-refractivity contribution in [1.82, 2.24) is 10.3 Å². The van der Waals surface area contributed by atoms with Crippen molar-refractivity contribution in [2.45, 2.75) is 0 Å². The summed E-state index contributed by atoms with van der Waals surface area (Å²) < 4.78 is 0. The second kappa shape index (κ2) is 6.50. The Bertz CT molecular complexity index is 782. The van der Waals surface area contributed by atoms with E-state index in [1.807, 2.05) is 23.6 Å². The van der Waals surface area contributed by atoms with Crippen LogP contribution >= 0.6 is 22.7 Å². The molecule has 22 heavy (non-hydrogen) atoms. The lowest BCUT2D eigenvalue weighted by Gasteiger charge is -2.04. The van der Waals surface area contributed by atoms with Crippen LogP contribution in [0.2, 0.25) is 0 Å². The normalized spacial score (nSPS) is 10.2. The van der Waals surface area contributed by atoms with E-state index < -0.39 is 11.9 Å². The zero-order valence-electron chi connectivity index (χ0n) is 11.3. The maximum atomic E-state index is 12.1. The first-order valence-electron chi connectivity index (χ1n) is 6.38. The fraction of sp³-hybridized carbons (Fsp3) is 0. The minimum absolute atomic E-state index is 0.422. The SMILES string of the molecule is O=C(NC(=O)c1ccc(-c2cccs2)s1)Nc1cccnc1. The lowest BCUT2D eigenvalue weighted by molar-refractivity contribution is 0.0971. The Balaban J connectivity index is 1.63. The number of amides is 3. The lowest BCUT2D eigenvalue weighted by Crippen LogP contribution is -2.33. The molecule has 3 aromatic heterocycles. The highest BCUT2D eigenvalue weighted by molar-refractivity contribution is 7.22. The quantitative estimate of drug-likeness (QED) is 0.767. The van der Waals surface area contributed by atoms with Crippen LogP contribution in [0.4, 0.5) is 10.5 Å². The monoisotopic (exact) mass is 329 g/mol. The molecule has 7 heteroatoms. The fourth-order valence-electron chi connectivity index (χ4n) is 1.77. The highest BCUT2D eigenvalue weighted by Crippen LogP contribution is 2.31. The minimum atomic E-state index is -0.580. The van der Waals surface area contributed by atoms with Gasteiger partial charge in [0.25, 0.3) is 5.91 Å². The number of carbonyl (C=O) groups excluding carboxylic acids is 2. The Morgan fingerprint density at radius 3 is 2.68 bits per heavy atom. The highest BCUT2D eigenvalue weighted by atomic mass is 32.1. The maximum absolute atomic E-state index is 12.1. The van der Waals surface area contributed by atoms with Gasteiger partial charge in [-0.15, -0.1) is 22.7 Å². The van der Waals surface area contributed by atoms with E-state index in [1.54, 1.807) is 35.7 Å². The van der Waals surface area contributed by atoms with Gasteiger partial charge < -0.3 is 5.32 Å². The molecule has 110 valence electrons. The van der Waals surface area contributed by atoms with E-state index >= 15 is 0 Å². The van der Waals surface area contributed by atoms with Crippen LogP contribution < -0.4 is 10.6 Å². The molecule has 0 aliphatic heterocycles. The molecule has 0 fully saturated rings. The molecule has 0 atom stereocenters. The molecule has 3 aromatic rings. The number of nitrogens with zero attached hydrogens (tertiary/aromatic N) is 1. The Kier molecular flexibility index (Phi) is 4.27. The van der Waals surface area contributed by atoms with Gasteiger partial charge in [0, 0.05) is 16.0 Å². The van der Waals surface area contributed by atoms with Gasteiger partial charge in [0.05, 0.1) is 16.8 Å². The van der Waals surface area contributed by atoms with Gasteiger partial charge in [-0.25, -0.2) is 4.79 Å². The Labute approximate surface area is 134 Å². The van der Waals surface area contributed by atoms with Gasteiger partial charge in [-0.05, 0) is 35.7 Å². The van der Waals surface area contributed by atoms with Crippen LogP contribution in [-0.4, -0.2) is 16.9 Å². The topological polar surface area (TPSA) is 71.1 Å². The van der Waals surface area contributed by atoms with Crippen LogP contribution in [0, 0.1) is 0 Å². The third-order valence-electron chi connectivity index (χ3n) is 2.74. The van der Waals surface area contributed by atoms with E-state index in [-0.39, 0.29) is 0 Å². The van der Waals surface area contributed by atoms with Crippen LogP contribution in [-0.2, 0) is 0 Å². The Morgan fingerprint density at radius 2 is 1.95 bits per heavy atom. The van der Waals surface area contributed by atoms with Crippen molar-refractivity contribution in [1.29, 1.82) is 0 Å². The summed E-state index contributed by atoms with van der Waals surface area (Å²) in [7, 11) is 0. The molecule has 2 N–H and O–H groups in total. The van der Waals surface area contributed by atoms with Crippen LogP contribution in [0.15, 0.2) is 54.2 Å². The first kappa shape index (κ1) is 14.4. The van der Waals surface area contributed by atoms with Crippen molar-refractivity contribution < 1.29 is 9.59 Å². The van der Waals surface area contributed by atoms with E-state index in [0.717, 1.165) is 9.75 Å². The van der Waals surface area contributed by atoms with Crippen LogP contribution in [0.1, 0.15) is 9.67 Å². The van der Waals surface area contributed by atoms with Gasteiger partial charge in [-0.2, -0.15) is 0 Å². The van der Waals surface area contributed by atoms with Crippen LogP contribution in [0.25, 0.3) is 9.75 Å². The Morgan fingerprint density at radius 1 is 1.05 bits per heavy atom. The molecule has 0 aromatic carbocycles. The van der Waals surface area contributed by atoms with Crippen molar-refractivity contribution >= 4 is 40.3 Å². The van der Waals surface area contributed by atoms with Crippen LogP contribution in [0.3, 0.4) is 0 Å². The third kappa shape index (κ3) is 3.38. The average Bonchev–Trinajstić information content (AvgIpc) is 3.19. The van der Waals surface area contributed by atoms with E-state index in [9.17, 15) is 9.59 Å². The summed E-state index contributed by atoms with van der Waals surface area (Å²) in [6, 6.07) is 10.4. The first-order valence-corrected chi connectivity index (χ1v) is 8.08. The smallest absolute Gasteiger partial charge is 0.306 e. The summed E-state index contributed by atoms with van der Waals surface area (Å²) in [6.45, 7) is 0. The number of hydrogen-bond donors (Lipinski definition) is 2. The summed E-state index contributed by atoms with van der Waals surface area (Å²) in [5.41, 5.74) is 0.526. The molecule has 5 nitrogen and oxygen atoms in total. The minimum Gasteiger partial charge on any atom is -0.306 e. The first-order chi connectivity index (χ1) is 10.7. The van der Waals surface area contributed by atoms with E-state index in [0.29, 0.717) is 10.6 Å². The summed E-state index contributed by atoms with van der Waals surface area (Å²) in [4.78, 5) is 30.3. The van der Waals surface area contributed by atoms with Gasteiger partial charge in [0.15, 0.2) is 0 Å². The summed E-state index contributed by atoms with van der Waals surface area (Å²) in [6.07, 6.45) is 3.11. The molecule has 0 unspecified atom stereocenters. The Hall–Kier alpha value is -2.51. The van der Waals surface area contributed by atoms with Crippen molar-refractivity contribution in [2.24, 2.45) is 0 Å². The number of anilines is 1.